The van der Waals surface area contributed by atoms with Gasteiger partial charge in [0.05, 0.1) is 0 Å². The molecule has 0 fully saturated rings. The fraction of sp³-hybridized carbons (Fsp3) is 0.875. The van der Waals surface area contributed by atoms with Gasteiger partial charge in [0.1, 0.15) is 0 Å². The van der Waals surface area contributed by atoms with E-state index in [9.17, 15) is 27.6 Å². The molecular formula is C24H42AlF3O6. The first-order valence-electron chi connectivity index (χ1n) is 12.8. The van der Waals surface area contributed by atoms with Crippen molar-refractivity contribution in [2.45, 2.75) is 136 Å². The van der Waals surface area contributed by atoms with Crippen LogP contribution in [0.15, 0.2) is 0 Å². The monoisotopic (exact) mass is 510 g/mol. The molecular weight excluding hydrogens is 468 g/mol. The Morgan fingerprint density at radius 3 is 1.03 bits per heavy atom. The van der Waals surface area contributed by atoms with Gasteiger partial charge in [0.2, 0.25) is 0 Å². The van der Waals surface area contributed by atoms with E-state index in [-0.39, 0.29) is 19.3 Å². The third-order valence-corrected chi connectivity index (χ3v) is 6.61. The third kappa shape index (κ3) is 16.4. The maximum atomic E-state index is 14.2. The van der Waals surface area contributed by atoms with Crippen LogP contribution in [0.4, 0.5) is 13.2 Å². The Hall–Kier alpha value is -1.27. The molecule has 0 rings (SSSR count). The van der Waals surface area contributed by atoms with Gasteiger partial charge in [0.15, 0.2) is 18.5 Å². The van der Waals surface area contributed by atoms with E-state index in [1.165, 1.54) is 0 Å². The molecule has 198 valence electrons. The SMILES string of the molecule is CCCCCCC(F)C(=O)[O][Al]([O]C(=O)C(F)CCCCCC)[O]C(=O)C(F)CCCCCC. The zero-order valence-electron chi connectivity index (χ0n) is 21.0. The van der Waals surface area contributed by atoms with Gasteiger partial charge in [0.25, 0.3) is 0 Å². The van der Waals surface area contributed by atoms with Gasteiger partial charge in [-0.25, -0.2) is 13.2 Å². The van der Waals surface area contributed by atoms with Gasteiger partial charge in [-0.3, -0.25) is 14.4 Å². The Morgan fingerprint density at radius 2 is 0.794 bits per heavy atom. The van der Waals surface area contributed by atoms with Crippen LogP contribution < -0.4 is 0 Å². The lowest BCUT2D eigenvalue weighted by Crippen LogP contribution is -2.40. The van der Waals surface area contributed by atoms with E-state index < -0.39 is 51.6 Å². The fourth-order valence-corrected chi connectivity index (χ4v) is 4.34. The maximum absolute atomic E-state index is 14.2. The average molecular weight is 511 g/mol. The van der Waals surface area contributed by atoms with Crippen LogP contribution in [0, 0.1) is 0 Å². The number of rotatable bonds is 21. The lowest BCUT2D eigenvalue weighted by atomic mass is 10.1. The number of carbonyl (C=O) groups is 3. The smallest absolute Gasteiger partial charge is 0.549 e. The van der Waals surface area contributed by atoms with E-state index in [0.29, 0.717) is 19.3 Å². The summed E-state index contributed by atoms with van der Waals surface area (Å²) in [6.07, 6.45) is 2.71. The van der Waals surface area contributed by atoms with Crippen LogP contribution in [-0.2, 0) is 25.7 Å². The van der Waals surface area contributed by atoms with Crippen LogP contribution in [0.5, 0.6) is 0 Å². The summed E-state index contributed by atoms with van der Waals surface area (Å²) in [5.74, 6) is -4.07. The molecule has 0 spiro atoms. The highest BCUT2D eigenvalue weighted by Gasteiger charge is 2.52. The third-order valence-electron chi connectivity index (χ3n) is 5.34. The number of hydrogen-bond donors (Lipinski definition) is 0. The normalized spacial score (nSPS) is 13.6. The minimum absolute atomic E-state index is 0.103. The molecule has 0 aliphatic rings. The molecule has 0 bridgehead atoms. The zero-order chi connectivity index (χ0) is 25.8. The number of carbonyl (C=O) groups excluding carboxylic acids is 3. The summed E-state index contributed by atoms with van der Waals surface area (Å²) in [4.78, 5) is 36.2. The van der Waals surface area contributed by atoms with Gasteiger partial charge in [-0.15, -0.1) is 0 Å². The van der Waals surface area contributed by atoms with Crippen LogP contribution in [0.25, 0.3) is 0 Å². The summed E-state index contributed by atoms with van der Waals surface area (Å²) in [6, 6.07) is 0. The van der Waals surface area contributed by atoms with Crippen LogP contribution in [-0.4, -0.2) is 51.6 Å². The number of halogens is 3. The van der Waals surface area contributed by atoms with E-state index in [0.717, 1.165) is 57.8 Å². The molecule has 0 aromatic carbocycles. The highest BCUT2D eigenvalue weighted by molar-refractivity contribution is 6.44. The Balaban J connectivity index is 4.94. The van der Waals surface area contributed by atoms with Gasteiger partial charge in [-0.05, 0) is 38.5 Å². The van der Waals surface area contributed by atoms with Gasteiger partial charge < -0.3 is 11.4 Å². The first-order chi connectivity index (χ1) is 16.3. The van der Waals surface area contributed by atoms with Crippen molar-refractivity contribution in [3.05, 3.63) is 0 Å². The Bertz CT molecular complexity index is 491. The summed E-state index contributed by atoms with van der Waals surface area (Å²) in [5, 5.41) is 0. The number of hydrogen-bond acceptors (Lipinski definition) is 6. The lowest BCUT2D eigenvalue weighted by Gasteiger charge is -2.17. The number of unbranched alkanes of at least 4 members (excludes halogenated alkanes) is 9. The summed E-state index contributed by atoms with van der Waals surface area (Å²) in [6.45, 7) is 5.97. The van der Waals surface area contributed by atoms with Crippen LogP contribution in [0.3, 0.4) is 0 Å². The molecule has 0 N–H and O–H groups in total. The molecule has 0 aromatic heterocycles. The average Bonchev–Trinajstić information content (AvgIpc) is 2.81. The largest absolute Gasteiger partial charge is 1.20 e. The predicted octanol–water partition coefficient (Wildman–Crippen LogP) is 6.53. The summed E-state index contributed by atoms with van der Waals surface area (Å²) < 4.78 is 56.9. The van der Waals surface area contributed by atoms with Crippen molar-refractivity contribution in [3.63, 3.8) is 0 Å². The summed E-state index contributed by atoms with van der Waals surface area (Å²) >= 11 is -3.99. The lowest BCUT2D eigenvalue weighted by molar-refractivity contribution is -0.154. The summed E-state index contributed by atoms with van der Waals surface area (Å²) in [5.41, 5.74) is 0. The second kappa shape index (κ2) is 21.1. The van der Waals surface area contributed by atoms with Gasteiger partial charge in [-0.2, -0.15) is 0 Å². The molecule has 0 radical (unpaired) electrons. The van der Waals surface area contributed by atoms with E-state index in [4.69, 9.17) is 11.4 Å². The van der Waals surface area contributed by atoms with Gasteiger partial charge in [0, 0.05) is 0 Å². The summed E-state index contributed by atoms with van der Waals surface area (Å²) in [7, 11) is 0. The van der Waals surface area contributed by atoms with Crippen molar-refractivity contribution in [2.75, 3.05) is 0 Å². The quantitative estimate of drug-likeness (QED) is 0.129. The minimum atomic E-state index is -3.99. The second-order valence-electron chi connectivity index (χ2n) is 8.55. The first kappa shape index (κ1) is 32.7. The Labute approximate surface area is 207 Å². The molecule has 10 heteroatoms. The van der Waals surface area contributed by atoms with Gasteiger partial charge >= 0.3 is 33.1 Å². The molecule has 0 heterocycles. The highest BCUT2D eigenvalue weighted by Crippen LogP contribution is 2.15. The molecule has 0 amide bonds. The Morgan fingerprint density at radius 1 is 0.529 bits per heavy atom. The molecule has 0 saturated carbocycles. The van der Waals surface area contributed by atoms with Crippen molar-refractivity contribution in [3.8, 4) is 0 Å². The molecule has 0 saturated heterocycles. The zero-order valence-corrected chi connectivity index (χ0v) is 22.2. The Kier molecular flexibility index (Phi) is 20.3. The molecule has 3 atom stereocenters. The molecule has 34 heavy (non-hydrogen) atoms. The second-order valence-corrected chi connectivity index (χ2v) is 9.83. The van der Waals surface area contributed by atoms with Crippen molar-refractivity contribution >= 4 is 33.1 Å². The van der Waals surface area contributed by atoms with Crippen LogP contribution in [0.2, 0.25) is 0 Å². The van der Waals surface area contributed by atoms with Crippen molar-refractivity contribution in [1.82, 2.24) is 0 Å². The highest BCUT2D eigenvalue weighted by atomic mass is 27.3. The first-order valence-corrected chi connectivity index (χ1v) is 14.2. The van der Waals surface area contributed by atoms with E-state index in [1.807, 2.05) is 20.8 Å². The van der Waals surface area contributed by atoms with E-state index in [1.54, 1.807) is 0 Å². The minimum Gasteiger partial charge on any atom is -0.549 e. The van der Waals surface area contributed by atoms with Crippen LogP contribution in [0.1, 0.15) is 117 Å². The molecule has 3 unspecified atom stereocenters. The predicted molar refractivity (Wildman–Crippen MR) is 125 cm³/mol. The molecule has 6 nitrogen and oxygen atoms in total. The number of alkyl halides is 3. The topological polar surface area (TPSA) is 78.9 Å². The standard InChI is InChI=1S/3C8H15FO2.Al/c3*1-2-3-4-5-6-7(9)8(10)11;/h3*7H,2-6H2,1H3,(H,10,11);/q;;;+3/p-3. The molecule has 0 aliphatic heterocycles. The van der Waals surface area contributed by atoms with Gasteiger partial charge in [-0.1, -0.05) is 78.6 Å². The molecule has 0 aromatic rings. The molecule has 0 aliphatic carbocycles. The fourth-order valence-electron chi connectivity index (χ4n) is 3.18. The van der Waals surface area contributed by atoms with E-state index in [2.05, 4.69) is 0 Å². The van der Waals surface area contributed by atoms with E-state index >= 15 is 0 Å². The van der Waals surface area contributed by atoms with Crippen LogP contribution >= 0.6 is 0 Å². The van der Waals surface area contributed by atoms with Crippen molar-refractivity contribution in [1.29, 1.82) is 0 Å². The van der Waals surface area contributed by atoms with Crippen molar-refractivity contribution < 1.29 is 38.9 Å². The maximum Gasteiger partial charge on any atom is 1.20 e. The van der Waals surface area contributed by atoms with Crippen molar-refractivity contribution in [2.24, 2.45) is 0 Å².